The summed E-state index contributed by atoms with van der Waals surface area (Å²) in [7, 11) is 0. The fourth-order valence-electron chi connectivity index (χ4n) is 3.37. The first-order chi connectivity index (χ1) is 10.2. The van der Waals surface area contributed by atoms with E-state index in [4.69, 9.17) is 4.74 Å². The Morgan fingerprint density at radius 1 is 1.05 bits per heavy atom. The number of rotatable bonds is 3. The van der Waals surface area contributed by atoms with E-state index in [1.807, 2.05) is 18.2 Å². The van der Waals surface area contributed by atoms with Crippen LogP contribution in [0.3, 0.4) is 0 Å². The lowest BCUT2D eigenvalue weighted by atomic mass is 9.80. The molecule has 0 radical (unpaired) electrons. The highest BCUT2D eigenvalue weighted by Gasteiger charge is 2.26. The first kappa shape index (κ1) is 14.4. The minimum absolute atomic E-state index is 0.0232. The molecule has 2 nitrogen and oxygen atoms in total. The van der Waals surface area contributed by atoms with Gasteiger partial charge in [-0.15, -0.1) is 0 Å². The zero-order valence-corrected chi connectivity index (χ0v) is 12.9. The Hall–Kier alpha value is -1.54. The molecule has 0 aliphatic heterocycles. The normalized spacial score (nSPS) is 26.0. The van der Waals surface area contributed by atoms with Crippen LogP contribution in [-0.4, -0.2) is 11.2 Å². The summed E-state index contributed by atoms with van der Waals surface area (Å²) in [6.45, 7) is 4.67. The Bertz CT molecular complexity index is 620. The van der Waals surface area contributed by atoms with Gasteiger partial charge < -0.3 is 9.84 Å². The van der Waals surface area contributed by atoms with E-state index < -0.39 is 0 Å². The number of aliphatic hydroxyl groups excluding tert-OH is 1. The van der Waals surface area contributed by atoms with Crippen LogP contribution in [-0.2, 0) is 6.61 Å². The van der Waals surface area contributed by atoms with Crippen molar-refractivity contribution in [3.05, 3.63) is 42.0 Å². The summed E-state index contributed by atoms with van der Waals surface area (Å²) in [5.41, 5.74) is 0.916. The molecule has 1 saturated carbocycles. The van der Waals surface area contributed by atoms with Crippen molar-refractivity contribution in [1.29, 1.82) is 0 Å². The van der Waals surface area contributed by atoms with Gasteiger partial charge in [-0.05, 0) is 47.9 Å². The molecular formula is C19H24O2. The first-order valence-corrected chi connectivity index (χ1v) is 7.97. The molecule has 0 spiro atoms. The lowest BCUT2D eigenvalue weighted by Crippen LogP contribution is -2.29. The van der Waals surface area contributed by atoms with Gasteiger partial charge >= 0.3 is 0 Å². The number of hydrogen-bond donors (Lipinski definition) is 1. The van der Waals surface area contributed by atoms with E-state index in [0.29, 0.717) is 5.92 Å². The maximum atomic E-state index is 9.76. The highest BCUT2D eigenvalue weighted by molar-refractivity contribution is 5.87. The Morgan fingerprint density at radius 3 is 2.62 bits per heavy atom. The van der Waals surface area contributed by atoms with Gasteiger partial charge in [-0.1, -0.05) is 44.2 Å². The van der Waals surface area contributed by atoms with Crippen molar-refractivity contribution in [2.24, 2.45) is 11.8 Å². The molecule has 1 fully saturated rings. The number of ether oxygens (including phenoxy) is 1. The van der Waals surface area contributed by atoms with Crippen LogP contribution >= 0.6 is 0 Å². The molecule has 21 heavy (non-hydrogen) atoms. The van der Waals surface area contributed by atoms with Crippen molar-refractivity contribution in [2.75, 3.05) is 0 Å². The molecule has 0 heterocycles. The van der Waals surface area contributed by atoms with E-state index in [1.54, 1.807) is 0 Å². The summed E-state index contributed by atoms with van der Waals surface area (Å²) in [4.78, 5) is 0. The molecule has 3 atom stereocenters. The van der Waals surface area contributed by atoms with Gasteiger partial charge in [0.05, 0.1) is 12.7 Å². The Kier molecular flexibility index (Phi) is 4.16. The molecule has 2 aromatic carbocycles. The summed E-state index contributed by atoms with van der Waals surface area (Å²) >= 11 is 0. The maximum Gasteiger partial charge on any atom is 0.125 e. The molecular weight excluding hydrogens is 260 g/mol. The fourth-order valence-corrected chi connectivity index (χ4v) is 3.37. The molecule has 0 bridgehead atoms. The Balaban J connectivity index is 1.87. The van der Waals surface area contributed by atoms with Crippen molar-refractivity contribution < 1.29 is 9.84 Å². The zero-order valence-electron chi connectivity index (χ0n) is 12.9. The monoisotopic (exact) mass is 284 g/mol. The van der Waals surface area contributed by atoms with Gasteiger partial charge in [-0.25, -0.2) is 0 Å². The molecule has 3 unspecified atom stereocenters. The van der Waals surface area contributed by atoms with E-state index in [-0.39, 0.29) is 12.7 Å². The van der Waals surface area contributed by atoms with Crippen LogP contribution < -0.4 is 4.74 Å². The third-order valence-corrected chi connectivity index (χ3v) is 5.00. The number of hydrogen-bond acceptors (Lipinski definition) is 2. The van der Waals surface area contributed by atoms with Crippen LogP contribution in [0.5, 0.6) is 5.75 Å². The number of benzene rings is 2. The molecule has 3 rings (SSSR count). The SMILES string of the molecule is CC1CCC(Oc2ccc3ccccc3c2CO)CC1C. The largest absolute Gasteiger partial charge is 0.490 e. The second kappa shape index (κ2) is 6.07. The average Bonchev–Trinajstić information content (AvgIpc) is 2.51. The van der Waals surface area contributed by atoms with E-state index in [9.17, 15) is 5.11 Å². The van der Waals surface area contributed by atoms with Gasteiger partial charge in [0.1, 0.15) is 5.75 Å². The smallest absolute Gasteiger partial charge is 0.125 e. The lowest BCUT2D eigenvalue weighted by molar-refractivity contribution is 0.0983. The molecule has 2 aromatic rings. The molecule has 0 aromatic heterocycles. The van der Waals surface area contributed by atoms with Crippen molar-refractivity contribution in [3.8, 4) is 5.75 Å². The maximum absolute atomic E-state index is 9.76. The van der Waals surface area contributed by atoms with Crippen LogP contribution in [0, 0.1) is 11.8 Å². The predicted octanol–water partition coefficient (Wildman–Crippen LogP) is 4.54. The van der Waals surface area contributed by atoms with Crippen molar-refractivity contribution >= 4 is 10.8 Å². The van der Waals surface area contributed by atoms with Crippen LogP contribution in [0.1, 0.15) is 38.7 Å². The van der Waals surface area contributed by atoms with Gasteiger partial charge in [0, 0.05) is 5.56 Å². The summed E-state index contributed by atoms with van der Waals surface area (Å²) in [6, 6.07) is 12.3. The van der Waals surface area contributed by atoms with Gasteiger partial charge in [0.15, 0.2) is 0 Å². The first-order valence-electron chi connectivity index (χ1n) is 7.97. The number of fused-ring (bicyclic) bond motifs is 1. The van der Waals surface area contributed by atoms with Crippen molar-refractivity contribution in [2.45, 2.75) is 45.8 Å². The lowest BCUT2D eigenvalue weighted by Gasteiger charge is -2.32. The average molecular weight is 284 g/mol. The Labute approximate surface area is 126 Å². The van der Waals surface area contributed by atoms with Crippen LogP contribution in [0.4, 0.5) is 0 Å². The van der Waals surface area contributed by atoms with Crippen LogP contribution in [0.2, 0.25) is 0 Å². The Morgan fingerprint density at radius 2 is 1.86 bits per heavy atom. The zero-order chi connectivity index (χ0) is 14.8. The fraction of sp³-hybridized carbons (Fsp3) is 0.474. The molecule has 0 saturated heterocycles. The number of aliphatic hydroxyl groups is 1. The van der Waals surface area contributed by atoms with Crippen LogP contribution in [0.15, 0.2) is 36.4 Å². The summed E-state index contributed by atoms with van der Waals surface area (Å²) < 4.78 is 6.24. The third kappa shape index (κ3) is 2.91. The quantitative estimate of drug-likeness (QED) is 0.897. The molecule has 112 valence electrons. The molecule has 2 heteroatoms. The van der Waals surface area contributed by atoms with Crippen LogP contribution in [0.25, 0.3) is 10.8 Å². The summed E-state index contributed by atoms with van der Waals surface area (Å²) in [6.07, 6.45) is 3.73. The standard InChI is InChI=1S/C19H24O2/c1-13-7-9-16(11-14(13)2)21-19-10-8-15-5-3-4-6-17(15)18(19)12-20/h3-6,8,10,13-14,16,20H,7,9,11-12H2,1-2H3. The highest BCUT2D eigenvalue weighted by Crippen LogP contribution is 2.34. The second-order valence-corrected chi connectivity index (χ2v) is 6.43. The van der Waals surface area contributed by atoms with E-state index in [1.165, 1.54) is 6.42 Å². The second-order valence-electron chi connectivity index (χ2n) is 6.43. The highest BCUT2D eigenvalue weighted by atomic mass is 16.5. The molecule has 1 aliphatic carbocycles. The summed E-state index contributed by atoms with van der Waals surface area (Å²) in [5, 5.41) is 12.0. The van der Waals surface area contributed by atoms with Gasteiger partial charge in [-0.2, -0.15) is 0 Å². The minimum atomic E-state index is 0.0232. The summed E-state index contributed by atoms with van der Waals surface area (Å²) in [5.74, 6) is 2.35. The third-order valence-electron chi connectivity index (χ3n) is 5.00. The topological polar surface area (TPSA) is 29.5 Å². The van der Waals surface area contributed by atoms with E-state index in [0.717, 1.165) is 40.8 Å². The van der Waals surface area contributed by atoms with E-state index >= 15 is 0 Å². The van der Waals surface area contributed by atoms with Crippen molar-refractivity contribution in [1.82, 2.24) is 0 Å². The van der Waals surface area contributed by atoms with Gasteiger partial charge in [-0.3, -0.25) is 0 Å². The van der Waals surface area contributed by atoms with E-state index in [2.05, 4.69) is 32.0 Å². The molecule has 1 aliphatic rings. The minimum Gasteiger partial charge on any atom is -0.490 e. The van der Waals surface area contributed by atoms with Gasteiger partial charge in [0.2, 0.25) is 0 Å². The molecule has 0 amide bonds. The molecule has 1 N–H and O–H groups in total. The predicted molar refractivity (Wildman–Crippen MR) is 86.5 cm³/mol. The van der Waals surface area contributed by atoms with Crippen molar-refractivity contribution in [3.63, 3.8) is 0 Å². The van der Waals surface area contributed by atoms with Gasteiger partial charge in [0.25, 0.3) is 0 Å².